The second kappa shape index (κ2) is 69.6. The predicted molar refractivity (Wildman–Crippen MR) is 100 cm³/mol. The highest BCUT2D eigenvalue weighted by atomic mass is 31.1. The molecule has 75 nitrogen and oxygen atoms in total. The normalized spacial score (nSPS) is 13.8. The van der Waals surface area contributed by atoms with Crippen LogP contribution in [0.25, 0.3) is 0 Å². The second-order valence-electron chi connectivity index (χ2n) is 5.32. The zero-order valence-corrected chi connectivity index (χ0v) is 33.4. The van der Waals surface area contributed by atoms with Gasteiger partial charge >= 0.3 is 16.4 Å². The molecule has 0 aromatic carbocycles. The third kappa shape index (κ3) is 69.6. The van der Waals surface area contributed by atoms with Gasteiger partial charge in [-0.1, -0.05) is 0 Å². The molecular weight excluding hydrogens is 1260 g/mol. The molecule has 0 aliphatic rings. The fourth-order valence-corrected chi connectivity index (χ4v) is 1.22. The lowest BCUT2D eigenvalue weighted by atomic mass is 14.0. The fourth-order valence-electron chi connectivity index (χ4n) is 0.868. The smallest absolute Gasteiger partial charge is 0.258 e. The third-order valence-corrected chi connectivity index (χ3v) is 2.88. The highest BCUT2D eigenvalue weighted by molar-refractivity contribution is 7.33. The molecule has 0 saturated heterocycles. The number of hydrogen-bond donors (Lipinski definition) is 2. The van der Waals surface area contributed by atoms with Gasteiger partial charge < -0.3 is 0 Å². The first-order valence-corrected chi connectivity index (χ1v) is 15.0. The van der Waals surface area contributed by atoms with Gasteiger partial charge in [-0.05, 0) is 242 Å². The summed E-state index contributed by atoms with van der Waals surface area (Å²) in [4.78, 5) is 0. The van der Waals surface area contributed by atoms with Crippen LogP contribution in [-0.4, -0.2) is 13.1 Å². The highest BCUT2D eigenvalue weighted by Gasteiger charge is 2.10. The van der Waals surface area contributed by atoms with Crippen molar-refractivity contribution in [3.05, 3.63) is 0 Å². The van der Waals surface area contributed by atoms with Gasteiger partial charge in [0.15, 0.2) is 2.56 Å². The minimum Gasteiger partial charge on any atom is -0.258 e. The van der Waals surface area contributed by atoms with Crippen molar-refractivity contribution in [2.75, 3.05) is 0 Å². The van der Waals surface area contributed by atoms with Crippen LogP contribution in [0.15, 0.2) is 0 Å². The van der Waals surface area contributed by atoms with E-state index >= 15 is 0 Å². The molecule has 0 aliphatic heterocycles. The van der Waals surface area contributed by atoms with Crippen LogP contribution in [0.4, 0.5) is 0 Å². The summed E-state index contributed by atoms with van der Waals surface area (Å²) in [5, 5.41) is 245. The number of rotatable bonds is 72. The summed E-state index contributed by atoms with van der Waals surface area (Å²) in [5.41, 5.74) is 0. The van der Waals surface area contributed by atoms with Crippen molar-refractivity contribution in [1.82, 2.24) is 0 Å². The van der Waals surface area contributed by atoms with Crippen LogP contribution >= 0.6 is 16.4 Å². The molecule has 77 heteroatoms. The van der Waals surface area contributed by atoms with Gasteiger partial charge in [0.05, 0.1) is 0 Å². The summed E-state index contributed by atoms with van der Waals surface area (Å²) in [6.45, 7) is 0. The predicted octanol–water partition coefficient (Wildman–Crippen LogP) is -3.89. The Morgan fingerprint density at radius 1 is 0.156 bits per heavy atom. The zero-order valence-electron chi connectivity index (χ0n) is 33.6. The molecule has 0 spiro atoms. The summed E-state index contributed by atoms with van der Waals surface area (Å²) in [5.74, 6) is 0. The van der Waals surface area contributed by atoms with E-state index in [0.717, 1.165) is 0 Å². The van der Waals surface area contributed by atoms with Crippen LogP contribution in [0.3, 0.4) is 0 Å². The zero-order chi connectivity index (χ0) is 57.2. The van der Waals surface area contributed by atoms with Crippen molar-refractivity contribution in [2.45, 2.75) is 0 Å². The molecule has 0 saturated carbocycles. The summed E-state index contributed by atoms with van der Waals surface area (Å²) < 4.78 is 50.9. The van der Waals surface area contributed by atoms with E-state index in [1.807, 2.05) is 0 Å². The molecule has 0 heterocycles. The van der Waals surface area contributed by atoms with Crippen LogP contribution < -0.4 is 0 Å². The second-order valence-corrected chi connectivity index (χ2v) is 6.81. The molecule has 0 bridgehead atoms. The molecule has 0 aromatic rings. The van der Waals surface area contributed by atoms with Crippen molar-refractivity contribution in [1.29, 1.82) is 2.56 Å². The minimum atomic E-state index is -5.15. The standard InChI is InChI=1S/H4O75P2/c1-5-7-9-11-13-15-17-19-21-23-24-25-26-27-28-29-30-31-32-33-34-35-36-37-38-39-40-41-45-49-53-57-61-65-69-73-77(4)75-71-67-63-59-55-51-47-43-42-46-50-54-58-62-66-70-74-76(3)72-68-64-60-56-52-48-44-22-20-18-16-14-12-10-8-6-2/h1-2,76-77H/i76T,77T. The van der Waals surface area contributed by atoms with E-state index in [9.17, 15) is 9.13 Å². The minimum absolute atomic E-state index is 2.87. The van der Waals surface area contributed by atoms with Gasteiger partial charge in [-0.2, -0.15) is 0 Å². The van der Waals surface area contributed by atoms with Gasteiger partial charge in [0.1, 0.15) is 0 Å². The topological polar surface area (TPSA) is 730 Å². The van der Waals surface area contributed by atoms with E-state index < -0.39 is 16.4 Å². The molecule has 0 amide bonds. The van der Waals surface area contributed by atoms with E-state index in [1.165, 1.54) is 0 Å². The Kier molecular flexibility index (Phi) is 63.9. The Labute approximate surface area is 396 Å². The van der Waals surface area contributed by atoms with E-state index in [1.54, 1.807) is 0 Å². The first-order chi connectivity index (χ1) is 38.8. The summed E-state index contributed by atoms with van der Waals surface area (Å²) >= 11 is 0. The molecule has 0 aliphatic carbocycles. The van der Waals surface area contributed by atoms with Gasteiger partial charge in [0.25, 0.3) is 0 Å². The Balaban J connectivity index is 3.30. The largest absolute Gasteiger partial charge is 0.380 e. The van der Waals surface area contributed by atoms with Crippen LogP contribution in [0.1, 0.15) is 0 Å². The van der Waals surface area contributed by atoms with Crippen LogP contribution in [-0.2, 0) is 365 Å². The number of hydrogen-bond acceptors (Lipinski definition) is 75. The Morgan fingerprint density at radius 3 is 0.325 bits per heavy atom. The Morgan fingerprint density at radius 2 is 0.234 bits per heavy atom. The summed E-state index contributed by atoms with van der Waals surface area (Å²) in [6.07, 6.45) is 0. The van der Waals surface area contributed by atoms with Crippen molar-refractivity contribution >= 4 is 16.4 Å². The monoisotopic (exact) mass is 1270 g/mol. The van der Waals surface area contributed by atoms with Crippen LogP contribution in [0.2, 0.25) is 0 Å². The lowest BCUT2D eigenvalue weighted by Crippen LogP contribution is -2.06. The van der Waals surface area contributed by atoms with E-state index in [-0.39, 0.29) is 0 Å². The average molecular weight is 1270 g/mol. The molecule has 2 N–H and O–H groups in total. The van der Waals surface area contributed by atoms with Crippen molar-refractivity contribution in [2.24, 2.45) is 0 Å². The van der Waals surface area contributed by atoms with Gasteiger partial charge in [-0.25, -0.2) is 10.5 Å². The third-order valence-electron chi connectivity index (χ3n) is 2.15. The molecule has 2 unspecified atom stereocenters. The van der Waals surface area contributed by atoms with E-state index in [4.69, 9.17) is 13.1 Å². The van der Waals surface area contributed by atoms with Crippen LogP contribution in [0.5, 0.6) is 0 Å². The molecule has 77 heavy (non-hydrogen) atoms. The van der Waals surface area contributed by atoms with Crippen molar-refractivity contribution in [3.8, 4) is 0 Å². The lowest BCUT2D eigenvalue weighted by molar-refractivity contribution is -0.907. The van der Waals surface area contributed by atoms with Crippen molar-refractivity contribution in [3.63, 3.8) is 0 Å². The van der Waals surface area contributed by atoms with Crippen molar-refractivity contribution < 1.29 is 376 Å². The summed E-state index contributed by atoms with van der Waals surface area (Å²) in [6, 6.07) is 0. The first-order valence-electron chi connectivity index (χ1n) is 13.7. The molecule has 0 rings (SSSR count). The molecule has 2 atom stereocenters. The highest BCUT2D eigenvalue weighted by Crippen LogP contribution is 2.25. The van der Waals surface area contributed by atoms with E-state index in [2.05, 4.69) is 356 Å². The van der Waals surface area contributed by atoms with Gasteiger partial charge in [-0.15, -0.1) is 18.7 Å². The van der Waals surface area contributed by atoms with E-state index in [0.29, 0.717) is 0 Å². The maximum absolute atomic E-state index is 11.4. The fraction of sp³-hybridized carbons (Fsp3) is 0. The molecular formula is H4O75P2. The quantitative estimate of drug-likeness (QED) is 0.0254. The molecule has 0 radical (unpaired) electrons. The SMILES string of the molecule is [3H]P(=O)(OOOOOOOOOOOOOOOOOO)OOOOOOOOOOOOOOOOOOP([3H])(=O)OOOOOOOOOOOOOOOOOOOOOOOOOOOOOOOOOOOOO. The summed E-state index contributed by atoms with van der Waals surface area (Å²) in [7, 11) is -10.3. The van der Waals surface area contributed by atoms with Gasteiger partial charge in [0, 0.05) is 95.7 Å². The molecule has 0 aromatic heterocycles. The lowest BCUT2D eigenvalue weighted by Gasteiger charge is -2.01. The van der Waals surface area contributed by atoms with Crippen LogP contribution in [0, 0.1) is 0 Å². The maximum atomic E-state index is 11.4. The van der Waals surface area contributed by atoms with Gasteiger partial charge in [0.2, 0.25) is 0 Å². The Hall–Kier alpha value is -2.46. The Bertz CT molecular complexity index is 1200. The first kappa shape index (κ1) is 70.6. The average Bonchev–Trinajstić information content (AvgIpc) is 3.43. The van der Waals surface area contributed by atoms with Gasteiger partial charge in [-0.3, -0.25) is 9.13 Å². The molecule has 464 valence electrons. The maximum Gasteiger partial charge on any atom is 0.380 e. The molecule has 0 fully saturated rings.